The van der Waals surface area contributed by atoms with Gasteiger partial charge in [-0.05, 0) is 122 Å². The van der Waals surface area contributed by atoms with E-state index in [-0.39, 0.29) is 22.9 Å². The largest absolute Gasteiger partial charge is 0.462 e. The number of fused-ring (bicyclic) bond motifs is 7. The monoisotopic (exact) mass is 484 g/mol. The van der Waals surface area contributed by atoms with Crippen LogP contribution in [0.4, 0.5) is 0 Å². The molecule has 0 radical (unpaired) electrons. The molecule has 5 aliphatic rings. The summed E-state index contributed by atoms with van der Waals surface area (Å²) in [4.78, 5) is 11.9. The predicted molar refractivity (Wildman–Crippen MR) is 142 cm³/mol. The molecule has 5 rings (SSSR count). The van der Waals surface area contributed by atoms with Crippen LogP contribution in [0, 0.1) is 56.7 Å². The van der Waals surface area contributed by atoms with E-state index in [0.717, 1.165) is 12.3 Å². The molecule has 35 heavy (non-hydrogen) atoms. The Bertz CT molecular complexity index is 891. The van der Waals surface area contributed by atoms with Crippen molar-refractivity contribution in [2.45, 2.75) is 119 Å². The smallest absolute Gasteiger partial charge is 0.302 e. The Balaban J connectivity index is 1.51. The number of aliphatic hydroxyl groups excluding tert-OH is 1. The van der Waals surface area contributed by atoms with Crippen molar-refractivity contribution in [2.24, 2.45) is 56.7 Å². The minimum Gasteiger partial charge on any atom is -0.462 e. The van der Waals surface area contributed by atoms with E-state index < -0.39 is 0 Å². The Morgan fingerprint density at radius 3 is 2.20 bits per heavy atom. The van der Waals surface area contributed by atoms with Crippen molar-refractivity contribution in [3.05, 3.63) is 12.2 Å². The zero-order valence-electron chi connectivity index (χ0n) is 23.7. The topological polar surface area (TPSA) is 46.5 Å². The molecule has 0 bridgehead atoms. The fraction of sp³-hybridized carbons (Fsp3) is 0.906. The highest BCUT2D eigenvalue weighted by atomic mass is 16.5. The van der Waals surface area contributed by atoms with Crippen LogP contribution in [0.25, 0.3) is 0 Å². The van der Waals surface area contributed by atoms with Crippen LogP contribution >= 0.6 is 0 Å². The molecular weight excluding hydrogens is 432 g/mol. The first-order valence-corrected chi connectivity index (χ1v) is 14.7. The Kier molecular flexibility index (Phi) is 5.96. The normalized spacial score (nSPS) is 52.5. The number of aliphatic hydroxyl groups is 1. The van der Waals surface area contributed by atoms with Crippen LogP contribution < -0.4 is 0 Å². The molecule has 0 spiro atoms. The summed E-state index contributed by atoms with van der Waals surface area (Å²) >= 11 is 0. The van der Waals surface area contributed by atoms with Crippen molar-refractivity contribution in [3.8, 4) is 0 Å². The molecule has 0 aromatic rings. The molecule has 0 unspecified atom stereocenters. The van der Waals surface area contributed by atoms with Gasteiger partial charge in [-0.1, -0.05) is 46.8 Å². The lowest BCUT2D eigenvalue weighted by Gasteiger charge is -2.73. The number of allylic oxidation sites excluding steroid dienone is 1. The fourth-order valence-electron chi connectivity index (χ4n) is 11.9. The average Bonchev–Trinajstić information content (AvgIpc) is 3.16. The van der Waals surface area contributed by atoms with Crippen molar-refractivity contribution < 1.29 is 14.6 Å². The first-order valence-electron chi connectivity index (χ1n) is 14.7. The van der Waals surface area contributed by atoms with Gasteiger partial charge in [0.2, 0.25) is 0 Å². The molecule has 0 aromatic heterocycles. The summed E-state index contributed by atoms with van der Waals surface area (Å²) < 4.78 is 5.90. The third kappa shape index (κ3) is 3.28. The van der Waals surface area contributed by atoms with Crippen LogP contribution in [0.1, 0.15) is 113 Å². The molecule has 5 aliphatic carbocycles. The van der Waals surface area contributed by atoms with Gasteiger partial charge in [-0.15, -0.1) is 0 Å². The second-order valence-corrected chi connectivity index (χ2v) is 15.2. The van der Waals surface area contributed by atoms with E-state index in [1.165, 1.54) is 63.4 Å². The van der Waals surface area contributed by atoms with Gasteiger partial charge in [0.15, 0.2) is 0 Å². The van der Waals surface area contributed by atoms with Gasteiger partial charge < -0.3 is 9.84 Å². The Labute approximate surface area is 214 Å². The molecule has 198 valence electrons. The summed E-state index contributed by atoms with van der Waals surface area (Å²) in [5, 5.41) is 10.7. The first kappa shape index (κ1) is 25.8. The Morgan fingerprint density at radius 1 is 0.857 bits per heavy atom. The lowest BCUT2D eigenvalue weighted by molar-refractivity contribution is -0.251. The minimum absolute atomic E-state index is 0.0207. The third-order valence-electron chi connectivity index (χ3n) is 13.8. The maximum Gasteiger partial charge on any atom is 0.302 e. The molecule has 0 amide bonds. The quantitative estimate of drug-likeness (QED) is 0.332. The number of ether oxygens (including phenoxy) is 1. The number of carbonyl (C=O) groups excluding carboxylic acids is 1. The molecule has 1 N–H and O–H groups in total. The van der Waals surface area contributed by atoms with Crippen LogP contribution in [0.15, 0.2) is 12.2 Å². The molecule has 10 atom stereocenters. The number of hydrogen-bond acceptors (Lipinski definition) is 3. The highest BCUT2D eigenvalue weighted by Crippen LogP contribution is 2.77. The zero-order valence-corrected chi connectivity index (χ0v) is 23.7. The number of carbonyl (C=O) groups is 1. The molecule has 5 fully saturated rings. The standard InChI is InChI=1S/C32H52O3/c1-20(2)22-11-16-32(19-33)18-17-30(7)23(27(22)32)9-10-25-29(6)14-13-26(35-21(3)34)28(4,5)24(29)12-15-31(25,30)8/h22-27,33H,1,9-19H2,2-8H3/t22-,23+,24-,25-,26-,27-,29-,30+,31+,32+/m0/s1. The van der Waals surface area contributed by atoms with Gasteiger partial charge in [0.1, 0.15) is 6.10 Å². The summed E-state index contributed by atoms with van der Waals surface area (Å²) in [5.41, 5.74) is 2.45. The van der Waals surface area contributed by atoms with Crippen LogP contribution in [0.3, 0.4) is 0 Å². The molecule has 0 saturated heterocycles. The number of rotatable bonds is 3. The van der Waals surface area contributed by atoms with Crippen molar-refractivity contribution >= 4 is 5.97 Å². The van der Waals surface area contributed by atoms with Gasteiger partial charge >= 0.3 is 5.97 Å². The summed E-state index contributed by atoms with van der Waals surface area (Å²) in [6.07, 6.45) is 12.2. The third-order valence-corrected chi connectivity index (χ3v) is 13.8. The van der Waals surface area contributed by atoms with Crippen LogP contribution in [0.2, 0.25) is 0 Å². The van der Waals surface area contributed by atoms with Gasteiger partial charge in [0, 0.05) is 18.9 Å². The van der Waals surface area contributed by atoms with Gasteiger partial charge in [-0.3, -0.25) is 4.79 Å². The summed E-state index contributed by atoms with van der Waals surface area (Å²) in [5.74, 6) is 3.07. The molecule has 0 aromatic carbocycles. The van der Waals surface area contributed by atoms with Gasteiger partial charge in [0.05, 0.1) is 0 Å². The molecule has 5 saturated carbocycles. The van der Waals surface area contributed by atoms with Crippen LogP contribution in [-0.4, -0.2) is 23.8 Å². The van der Waals surface area contributed by atoms with Crippen molar-refractivity contribution in [3.63, 3.8) is 0 Å². The lowest BCUT2D eigenvalue weighted by Crippen LogP contribution is -2.67. The van der Waals surface area contributed by atoms with Crippen molar-refractivity contribution in [1.29, 1.82) is 0 Å². The minimum atomic E-state index is -0.126. The van der Waals surface area contributed by atoms with E-state index in [4.69, 9.17) is 4.74 Å². The van der Waals surface area contributed by atoms with E-state index in [0.29, 0.717) is 46.5 Å². The van der Waals surface area contributed by atoms with Crippen molar-refractivity contribution in [2.75, 3.05) is 6.61 Å². The molecule has 0 heterocycles. The van der Waals surface area contributed by atoms with Crippen LogP contribution in [0.5, 0.6) is 0 Å². The van der Waals surface area contributed by atoms with Crippen LogP contribution in [-0.2, 0) is 9.53 Å². The second-order valence-electron chi connectivity index (χ2n) is 15.2. The SMILES string of the molecule is C=C(C)[C@@H]1CC[C@]2(CO)CC[C@]3(C)[C@H](CC[C@H]4[C@@]5(C)CC[C@H](OC(C)=O)C(C)(C)[C@@H]5CC[C@]43C)[C@H]12. The van der Waals surface area contributed by atoms with E-state index in [2.05, 4.69) is 48.1 Å². The molecular formula is C32H52O3. The molecule has 3 heteroatoms. The lowest BCUT2D eigenvalue weighted by atomic mass is 9.32. The Hall–Kier alpha value is -0.830. The first-order chi connectivity index (χ1) is 16.3. The maximum absolute atomic E-state index is 11.9. The van der Waals surface area contributed by atoms with E-state index >= 15 is 0 Å². The fourth-order valence-corrected chi connectivity index (χ4v) is 11.9. The highest BCUT2D eigenvalue weighted by molar-refractivity contribution is 5.66. The average molecular weight is 485 g/mol. The second kappa shape index (κ2) is 8.08. The van der Waals surface area contributed by atoms with E-state index in [1.54, 1.807) is 6.92 Å². The van der Waals surface area contributed by atoms with E-state index in [9.17, 15) is 9.90 Å². The van der Waals surface area contributed by atoms with Gasteiger partial charge in [-0.25, -0.2) is 0 Å². The summed E-state index contributed by atoms with van der Waals surface area (Å²) in [6.45, 7) is 21.3. The number of hydrogen-bond donors (Lipinski definition) is 1. The molecule has 3 nitrogen and oxygen atoms in total. The highest BCUT2D eigenvalue weighted by Gasteiger charge is 2.71. The van der Waals surface area contributed by atoms with Crippen molar-refractivity contribution in [1.82, 2.24) is 0 Å². The predicted octanol–water partition coefficient (Wildman–Crippen LogP) is 7.57. The van der Waals surface area contributed by atoms with Gasteiger partial charge in [0.25, 0.3) is 0 Å². The van der Waals surface area contributed by atoms with E-state index in [1.807, 2.05) is 0 Å². The summed E-state index contributed by atoms with van der Waals surface area (Å²) in [6, 6.07) is 0. The molecule has 0 aliphatic heterocycles. The summed E-state index contributed by atoms with van der Waals surface area (Å²) in [7, 11) is 0. The van der Waals surface area contributed by atoms with Gasteiger partial charge in [-0.2, -0.15) is 0 Å². The zero-order chi connectivity index (χ0) is 25.6. The Morgan fingerprint density at radius 2 is 1.57 bits per heavy atom. The maximum atomic E-state index is 11.9. The number of esters is 1.